The van der Waals surface area contributed by atoms with Crippen molar-refractivity contribution in [2.24, 2.45) is 4.99 Å². The summed E-state index contributed by atoms with van der Waals surface area (Å²) in [6.07, 6.45) is 0.162. The second-order valence-electron chi connectivity index (χ2n) is 7.11. The monoisotopic (exact) mass is 468 g/mol. The topological polar surface area (TPSA) is 66.8 Å². The number of benzene rings is 2. The Bertz CT molecular complexity index is 1070. The number of hydrogen-bond acceptors (Lipinski definition) is 4. The van der Waals surface area contributed by atoms with Crippen LogP contribution in [-0.2, 0) is 27.6 Å². The molecule has 2 aromatic rings. The fourth-order valence-corrected chi connectivity index (χ4v) is 7.84. The van der Waals surface area contributed by atoms with E-state index in [4.69, 9.17) is 23.2 Å². The summed E-state index contributed by atoms with van der Waals surface area (Å²) in [4.78, 5) is 18.8. The van der Waals surface area contributed by atoms with Gasteiger partial charge in [0.2, 0.25) is 0 Å². The van der Waals surface area contributed by atoms with Crippen LogP contribution in [0.5, 0.6) is 0 Å². The summed E-state index contributed by atoms with van der Waals surface area (Å²) in [5.74, 6) is -0.104. The van der Waals surface area contributed by atoms with Crippen molar-refractivity contribution >= 4 is 55.9 Å². The SMILES string of the molecule is O=C(Cc1ccc(Cl)cc1)N=C1SC2CS(=O)(=O)CC2N1Cc1ccccc1Cl. The van der Waals surface area contributed by atoms with Gasteiger partial charge in [-0.05, 0) is 29.3 Å². The molecule has 0 saturated carbocycles. The molecule has 2 fully saturated rings. The van der Waals surface area contributed by atoms with Gasteiger partial charge in [-0.15, -0.1) is 0 Å². The highest BCUT2D eigenvalue weighted by Crippen LogP contribution is 2.39. The van der Waals surface area contributed by atoms with Gasteiger partial charge in [0.25, 0.3) is 5.91 Å². The number of nitrogens with zero attached hydrogens (tertiary/aromatic N) is 2. The first-order valence-corrected chi connectivity index (χ1v) is 12.5. The smallest absolute Gasteiger partial charge is 0.252 e. The van der Waals surface area contributed by atoms with Gasteiger partial charge in [0.05, 0.1) is 24.0 Å². The summed E-state index contributed by atoms with van der Waals surface area (Å²) in [6, 6.07) is 14.3. The Labute approximate surface area is 184 Å². The maximum atomic E-state index is 12.6. The molecule has 0 spiro atoms. The van der Waals surface area contributed by atoms with E-state index in [0.717, 1.165) is 11.1 Å². The third-order valence-corrected chi connectivity index (χ3v) is 8.83. The number of amides is 1. The summed E-state index contributed by atoms with van der Waals surface area (Å²) >= 11 is 13.6. The van der Waals surface area contributed by atoms with E-state index >= 15 is 0 Å². The Hall–Kier alpha value is -1.54. The first-order valence-electron chi connectivity index (χ1n) is 9.04. The van der Waals surface area contributed by atoms with Crippen LogP contribution in [0.15, 0.2) is 53.5 Å². The van der Waals surface area contributed by atoms with Gasteiger partial charge < -0.3 is 4.90 Å². The van der Waals surface area contributed by atoms with Crippen molar-refractivity contribution in [3.8, 4) is 0 Å². The number of fused-ring (bicyclic) bond motifs is 1. The Balaban J connectivity index is 1.58. The lowest BCUT2D eigenvalue weighted by atomic mass is 10.1. The second kappa shape index (κ2) is 8.30. The third kappa shape index (κ3) is 4.79. The molecule has 1 amide bonds. The standard InChI is InChI=1S/C20H18Cl2N2O3S2/c21-15-7-5-13(6-8-15)9-19(25)23-20-24(10-14-3-1-2-4-16(14)22)17-11-29(26,27)12-18(17)28-20/h1-8,17-18H,9-12H2. The van der Waals surface area contributed by atoms with Crippen LogP contribution in [0.25, 0.3) is 0 Å². The molecule has 9 heteroatoms. The number of sulfone groups is 1. The van der Waals surface area contributed by atoms with Gasteiger partial charge in [0.1, 0.15) is 0 Å². The van der Waals surface area contributed by atoms with Crippen LogP contribution >= 0.6 is 35.0 Å². The molecule has 152 valence electrons. The van der Waals surface area contributed by atoms with Crippen LogP contribution < -0.4 is 0 Å². The highest BCUT2D eigenvalue weighted by atomic mass is 35.5. The Morgan fingerprint density at radius 2 is 1.83 bits per heavy atom. The van der Waals surface area contributed by atoms with Gasteiger partial charge in [0.15, 0.2) is 15.0 Å². The highest BCUT2D eigenvalue weighted by molar-refractivity contribution is 8.15. The van der Waals surface area contributed by atoms with E-state index in [2.05, 4.69) is 4.99 Å². The molecule has 0 aliphatic carbocycles. The van der Waals surface area contributed by atoms with Gasteiger partial charge in [-0.2, -0.15) is 4.99 Å². The number of carbonyl (C=O) groups excluding carboxylic acids is 1. The molecule has 0 aromatic heterocycles. The van der Waals surface area contributed by atoms with E-state index in [1.807, 2.05) is 23.1 Å². The largest absolute Gasteiger partial charge is 0.342 e. The number of amidine groups is 1. The van der Waals surface area contributed by atoms with Gasteiger partial charge in [-0.3, -0.25) is 4.79 Å². The summed E-state index contributed by atoms with van der Waals surface area (Å²) < 4.78 is 24.2. The lowest BCUT2D eigenvalue weighted by molar-refractivity contribution is -0.117. The fourth-order valence-electron chi connectivity index (χ4n) is 3.55. The van der Waals surface area contributed by atoms with Gasteiger partial charge >= 0.3 is 0 Å². The molecule has 2 aliphatic heterocycles. The molecule has 5 nitrogen and oxygen atoms in total. The number of carbonyl (C=O) groups is 1. The molecule has 2 aromatic carbocycles. The van der Waals surface area contributed by atoms with Crippen LogP contribution in [0.3, 0.4) is 0 Å². The van der Waals surface area contributed by atoms with Crippen LogP contribution in [0.1, 0.15) is 11.1 Å². The molecule has 2 heterocycles. The van der Waals surface area contributed by atoms with Crippen molar-refractivity contribution in [3.63, 3.8) is 0 Å². The van der Waals surface area contributed by atoms with Crippen molar-refractivity contribution < 1.29 is 13.2 Å². The second-order valence-corrected chi connectivity index (χ2v) is 11.3. The maximum Gasteiger partial charge on any atom is 0.252 e. The number of halogens is 2. The predicted molar refractivity (Wildman–Crippen MR) is 118 cm³/mol. The third-order valence-electron chi connectivity index (χ3n) is 4.96. The normalized spacial score (nSPS) is 24.1. The van der Waals surface area contributed by atoms with Crippen molar-refractivity contribution in [3.05, 3.63) is 69.7 Å². The molecule has 0 bridgehead atoms. The number of aliphatic imine (C=N–C) groups is 1. The zero-order valence-corrected chi connectivity index (χ0v) is 18.4. The molecule has 2 aliphatic rings. The summed E-state index contributed by atoms with van der Waals surface area (Å²) in [7, 11) is -3.09. The molecule has 29 heavy (non-hydrogen) atoms. The minimum absolute atomic E-state index is 0.0690. The lowest BCUT2D eigenvalue weighted by Gasteiger charge is -2.25. The van der Waals surface area contributed by atoms with E-state index < -0.39 is 9.84 Å². The molecule has 0 radical (unpaired) electrons. The Morgan fingerprint density at radius 1 is 1.10 bits per heavy atom. The lowest BCUT2D eigenvalue weighted by Crippen LogP contribution is -2.37. The summed E-state index contributed by atoms with van der Waals surface area (Å²) in [5.41, 5.74) is 1.70. The predicted octanol–water partition coefficient (Wildman–Crippen LogP) is 3.83. The first-order chi connectivity index (χ1) is 13.8. The van der Waals surface area contributed by atoms with Gasteiger partial charge in [0, 0.05) is 21.8 Å². The van der Waals surface area contributed by atoms with E-state index in [0.29, 0.717) is 21.8 Å². The van der Waals surface area contributed by atoms with E-state index in [-0.39, 0.29) is 35.1 Å². The number of rotatable bonds is 4. The highest BCUT2D eigenvalue weighted by Gasteiger charge is 2.48. The fraction of sp³-hybridized carbons (Fsp3) is 0.300. The molecule has 2 atom stereocenters. The maximum absolute atomic E-state index is 12.6. The number of thioether (sulfide) groups is 1. The molecule has 4 rings (SSSR count). The van der Waals surface area contributed by atoms with Crippen LogP contribution in [-0.4, -0.2) is 47.2 Å². The first kappa shape index (κ1) is 20.7. The zero-order chi connectivity index (χ0) is 20.6. The molecule has 2 unspecified atom stereocenters. The average Bonchev–Trinajstić information content (AvgIpc) is 3.11. The van der Waals surface area contributed by atoms with Gasteiger partial charge in [-0.25, -0.2) is 8.42 Å². The van der Waals surface area contributed by atoms with Crippen LogP contribution in [0.4, 0.5) is 0 Å². The summed E-state index contributed by atoms with van der Waals surface area (Å²) in [5, 5.41) is 1.66. The Morgan fingerprint density at radius 3 is 2.55 bits per heavy atom. The van der Waals surface area contributed by atoms with E-state index in [9.17, 15) is 13.2 Å². The molecular weight excluding hydrogens is 451 g/mol. The molecule has 2 saturated heterocycles. The van der Waals surface area contributed by atoms with Gasteiger partial charge in [-0.1, -0.05) is 65.3 Å². The Kier molecular flexibility index (Phi) is 5.93. The molecular formula is C20H18Cl2N2O3S2. The zero-order valence-electron chi connectivity index (χ0n) is 15.3. The van der Waals surface area contributed by atoms with E-state index in [1.54, 1.807) is 30.3 Å². The summed E-state index contributed by atoms with van der Waals surface area (Å²) in [6.45, 7) is 0.413. The average molecular weight is 469 g/mol. The van der Waals surface area contributed by atoms with Crippen molar-refractivity contribution in [1.82, 2.24) is 4.90 Å². The van der Waals surface area contributed by atoms with E-state index in [1.165, 1.54) is 11.8 Å². The van der Waals surface area contributed by atoms with Crippen LogP contribution in [0.2, 0.25) is 10.0 Å². The number of hydrogen-bond donors (Lipinski definition) is 0. The van der Waals surface area contributed by atoms with Crippen molar-refractivity contribution in [1.29, 1.82) is 0 Å². The minimum atomic E-state index is -3.09. The van der Waals surface area contributed by atoms with Crippen molar-refractivity contribution in [2.75, 3.05) is 11.5 Å². The minimum Gasteiger partial charge on any atom is -0.342 e. The van der Waals surface area contributed by atoms with Crippen molar-refractivity contribution in [2.45, 2.75) is 24.3 Å². The van der Waals surface area contributed by atoms with Crippen LogP contribution in [0, 0.1) is 0 Å². The molecule has 0 N–H and O–H groups in total. The quantitative estimate of drug-likeness (QED) is 0.681.